The highest BCUT2D eigenvalue weighted by Crippen LogP contribution is 2.49. The van der Waals surface area contributed by atoms with Gasteiger partial charge in [-0.25, -0.2) is 0 Å². The van der Waals surface area contributed by atoms with E-state index >= 15 is 0 Å². The van der Waals surface area contributed by atoms with Gasteiger partial charge in [0.2, 0.25) is 0 Å². The van der Waals surface area contributed by atoms with E-state index in [-0.39, 0.29) is 5.41 Å². The van der Waals surface area contributed by atoms with Gasteiger partial charge in [-0.3, -0.25) is 0 Å². The van der Waals surface area contributed by atoms with Crippen molar-refractivity contribution in [2.24, 2.45) is 0 Å². The van der Waals surface area contributed by atoms with Crippen LogP contribution in [-0.2, 0) is 5.41 Å². The number of benzene rings is 1. The van der Waals surface area contributed by atoms with Crippen LogP contribution in [0.2, 0.25) is 0 Å². The monoisotopic (exact) mass is 306 g/mol. The van der Waals surface area contributed by atoms with Gasteiger partial charge in [-0.05, 0) is 56.2 Å². The number of nitrogens with zero attached hydrogens (tertiary/aromatic N) is 1. The Balaban J connectivity index is 1.98. The Morgan fingerprint density at radius 1 is 1.39 bits per heavy atom. The molecular formula is C15H19BrN2. The topological polar surface area (TPSA) is 15.3 Å². The molecule has 3 rings (SSSR count). The van der Waals surface area contributed by atoms with Crippen molar-refractivity contribution in [3.05, 3.63) is 40.5 Å². The van der Waals surface area contributed by atoms with Crippen LogP contribution < -0.4 is 5.32 Å². The summed E-state index contributed by atoms with van der Waals surface area (Å²) in [6.45, 7) is 10.0. The molecule has 2 aliphatic rings. The predicted molar refractivity (Wildman–Crippen MR) is 79.9 cm³/mol. The fourth-order valence-corrected chi connectivity index (χ4v) is 3.65. The molecule has 0 aromatic heterocycles. The van der Waals surface area contributed by atoms with Crippen molar-refractivity contribution in [1.82, 2.24) is 4.90 Å². The molecule has 96 valence electrons. The molecule has 0 amide bonds. The van der Waals surface area contributed by atoms with Crippen molar-refractivity contribution >= 4 is 21.6 Å². The zero-order valence-corrected chi connectivity index (χ0v) is 12.4. The Morgan fingerprint density at radius 3 is 2.78 bits per heavy atom. The van der Waals surface area contributed by atoms with Crippen LogP contribution in [0.15, 0.2) is 34.9 Å². The third-order valence-electron chi connectivity index (χ3n) is 4.52. The van der Waals surface area contributed by atoms with Gasteiger partial charge in [-0.15, -0.1) is 0 Å². The molecular weight excluding hydrogens is 288 g/mol. The van der Waals surface area contributed by atoms with Gasteiger partial charge in [0, 0.05) is 21.3 Å². The SMILES string of the molecule is C=C1Nc2ccc(Br)cc2C12CCN(CC)CC2. The maximum atomic E-state index is 4.28. The molecule has 1 saturated heterocycles. The highest BCUT2D eigenvalue weighted by atomic mass is 79.9. The Morgan fingerprint density at radius 2 is 2.11 bits per heavy atom. The average molecular weight is 307 g/mol. The van der Waals surface area contributed by atoms with E-state index in [9.17, 15) is 0 Å². The van der Waals surface area contributed by atoms with E-state index in [1.54, 1.807) is 0 Å². The summed E-state index contributed by atoms with van der Waals surface area (Å²) < 4.78 is 1.16. The lowest BCUT2D eigenvalue weighted by atomic mass is 9.72. The molecule has 0 saturated carbocycles. The first-order valence-corrected chi connectivity index (χ1v) is 7.44. The molecule has 3 heteroatoms. The van der Waals surface area contributed by atoms with E-state index in [0.29, 0.717) is 0 Å². The summed E-state index contributed by atoms with van der Waals surface area (Å²) in [5, 5.41) is 3.48. The molecule has 2 aliphatic heterocycles. The van der Waals surface area contributed by atoms with Crippen LogP contribution in [0, 0.1) is 0 Å². The molecule has 0 atom stereocenters. The second-order valence-corrected chi connectivity index (χ2v) is 6.23. The molecule has 2 heterocycles. The second-order valence-electron chi connectivity index (χ2n) is 5.31. The van der Waals surface area contributed by atoms with Gasteiger partial charge >= 0.3 is 0 Å². The van der Waals surface area contributed by atoms with Gasteiger partial charge in [0.15, 0.2) is 0 Å². The van der Waals surface area contributed by atoms with Crippen LogP contribution in [0.5, 0.6) is 0 Å². The minimum Gasteiger partial charge on any atom is -0.358 e. The summed E-state index contributed by atoms with van der Waals surface area (Å²) in [5.41, 5.74) is 4.02. The largest absolute Gasteiger partial charge is 0.358 e. The number of hydrogen-bond acceptors (Lipinski definition) is 2. The smallest absolute Gasteiger partial charge is 0.0424 e. The van der Waals surface area contributed by atoms with Gasteiger partial charge in [0.1, 0.15) is 0 Å². The molecule has 1 aromatic rings. The lowest BCUT2D eigenvalue weighted by Gasteiger charge is -2.39. The molecule has 1 N–H and O–H groups in total. The summed E-state index contributed by atoms with van der Waals surface area (Å²) in [4.78, 5) is 2.52. The molecule has 0 aliphatic carbocycles. The van der Waals surface area contributed by atoms with Crippen LogP contribution in [0.4, 0.5) is 5.69 Å². The normalized spacial score (nSPS) is 22.0. The van der Waals surface area contributed by atoms with Crippen LogP contribution in [-0.4, -0.2) is 24.5 Å². The lowest BCUT2D eigenvalue weighted by molar-refractivity contribution is 0.188. The highest BCUT2D eigenvalue weighted by Gasteiger charge is 2.44. The maximum absolute atomic E-state index is 4.28. The minimum atomic E-state index is 0.158. The fourth-order valence-electron chi connectivity index (χ4n) is 3.29. The number of anilines is 1. The first-order chi connectivity index (χ1) is 8.65. The maximum Gasteiger partial charge on any atom is 0.0424 e. The van der Waals surface area contributed by atoms with Gasteiger partial charge in [-0.1, -0.05) is 29.4 Å². The van der Waals surface area contributed by atoms with Crippen LogP contribution in [0.3, 0.4) is 0 Å². The zero-order valence-electron chi connectivity index (χ0n) is 10.8. The number of halogens is 1. The second kappa shape index (κ2) is 4.39. The zero-order chi connectivity index (χ0) is 12.8. The Hall–Kier alpha value is -0.800. The average Bonchev–Trinajstić information content (AvgIpc) is 2.64. The summed E-state index contributed by atoms with van der Waals surface area (Å²) in [6.07, 6.45) is 2.35. The van der Waals surface area contributed by atoms with Crippen LogP contribution >= 0.6 is 15.9 Å². The van der Waals surface area contributed by atoms with E-state index in [4.69, 9.17) is 0 Å². The number of fused-ring (bicyclic) bond motifs is 2. The van der Waals surface area contributed by atoms with Gasteiger partial charge in [0.05, 0.1) is 0 Å². The summed E-state index contributed by atoms with van der Waals surface area (Å²) in [7, 11) is 0. The molecule has 0 bridgehead atoms. The Kier molecular flexibility index (Phi) is 2.99. The number of likely N-dealkylation sites (tertiary alicyclic amines) is 1. The van der Waals surface area contributed by atoms with Crippen LogP contribution in [0.1, 0.15) is 25.3 Å². The molecule has 1 fully saturated rings. The summed E-state index contributed by atoms with van der Waals surface area (Å²) in [5.74, 6) is 0. The van der Waals surface area contributed by atoms with Crippen molar-refractivity contribution in [2.45, 2.75) is 25.2 Å². The van der Waals surface area contributed by atoms with Crippen molar-refractivity contribution in [2.75, 3.05) is 25.0 Å². The lowest BCUT2D eigenvalue weighted by Crippen LogP contribution is -2.42. The van der Waals surface area contributed by atoms with Crippen molar-refractivity contribution in [1.29, 1.82) is 0 Å². The summed E-state index contributed by atoms with van der Waals surface area (Å²) >= 11 is 3.59. The van der Waals surface area contributed by atoms with Crippen molar-refractivity contribution in [3.8, 4) is 0 Å². The molecule has 0 radical (unpaired) electrons. The van der Waals surface area contributed by atoms with Crippen molar-refractivity contribution < 1.29 is 0 Å². The highest BCUT2D eigenvalue weighted by molar-refractivity contribution is 9.10. The van der Waals surface area contributed by atoms with E-state index in [1.807, 2.05) is 0 Å². The van der Waals surface area contributed by atoms with Gasteiger partial charge < -0.3 is 10.2 Å². The number of rotatable bonds is 1. The molecule has 0 unspecified atom stereocenters. The Labute approximate surface area is 117 Å². The predicted octanol–water partition coefficient (Wildman–Crippen LogP) is 3.74. The first-order valence-electron chi connectivity index (χ1n) is 6.64. The third kappa shape index (κ3) is 1.72. The minimum absolute atomic E-state index is 0.158. The van der Waals surface area contributed by atoms with Gasteiger partial charge in [-0.2, -0.15) is 0 Å². The van der Waals surface area contributed by atoms with Crippen LogP contribution in [0.25, 0.3) is 0 Å². The van der Waals surface area contributed by atoms with E-state index in [0.717, 1.165) is 11.0 Å². The number of allylic oxidation sites excluding steroid dienone is 1. The number of hydrogen-bond donors (Lipinski definition) is 1. The fraction of sp³-hybridized carbons (Fsp3) is 0.467. The molecule has 1 spiro atoms. The number of nitrogens with one attached hydrogen (secondary N) is 1. The van der Waals surface area contributed by atoms with E-state index in [1.165, 1.54) is 42.9 Å². The molecule has 18 heavy (non-hydrogen) atoms. The standard InChI is InChI=1S/C15H19BrN2/c1-3-18-8-6-15(7-9-18)11(2)17-14-5-4-12(16)10-13(14)15/h4-5,10,17H,2-3,6-9H2,1H3. The quantitative estimate of drug-likeness (QED) is 0.850. The van der Waals surface area contributed by atoms with E-state index in [2.05, 4.69) is 57.8 Å². The van der Waals surface area contributed by atoms with E-state index < -0.39 is 0 Å². The molecule has 2 nitrogen and oxygen atoms in total. The van der Waals surface area contributed by atoms with Crippen molar-refractivity contribution in [3.63, 3.8) is 0 Å². The first kappa shape index (κ1) is 12.2. The third-order valence-corrected chi connectivity index (χ3v) is 5.01. The number of piperidine rings is 1. The summed E-state index contributed by atoms with van der Waals surface area (Å²) in [6, 6.07) is 6.52. The molecule has 1 aromatic carbocycles. The van der Waals surface area contributed by atoms with Gasteiger partial charge in [0.25, 0.3) is 0 Å². The Bertz CT molecular complexity index is 487.